The third-order valence-electron chi connectivity index (χ3n) is 13.3. The van der Waals surface area contributed by atoms with E-state index >= 15 is 0 Å². The molecule has 0 aromatic carbocycles. The summed E-state index contributed by atoms with van der Waals surface area (Å²) in [5.41, 5.74) is 0. The molecule has 15 N–H and O–H groups in total. The first kappa shape index (κ1) is 53.6. The number of aliphatic hydroxyl groups excluding tert-OH is 15. The molecule has 0 unspecified atom stereocenters. The highest BCUT2D eigenvalue weighted by Crippen LogP contribution is 2.40. The van der Waals surface area contributed by atoms with Gasteiger partial charge in [0, 0.05) is 0 Å². The first-order valence-corrected chi connectivity index (χ1v) is 22.2. The van der Waals surface area contributed by atoms with Crippen LogP contribution in [0.2, 0.25) is 0 Å². The zero-order valence-electron chi connectivity index (χ0n) is 36.2. The van der Waals surface area contributed by atoms with E-state index in [9.17, 15) is 76.6 Å². The molecule has 0 radical (unpaired) electrons. The molecule has 402 valence electrons. The Morgan fingerprint density at radius 3 is 0.657 bits per heavy atom. The second-order valence-corrected chi connectivity index (χ2v) is 17.6. The van der Waals surface area contributed by atoms with E-state index in [1.165, 1.54) is 0 Å². The maximum absolute atomic E-state index is 11.8. The average molecular weight is 1030 g/mol. The highest BCUT2D eigenvalue weighted by molar-refractivity contribution is 6.35. The number of rotatable bonds is 6. The smallest absolute Gasteiger partial charge is 0.394 e. The summed E-state index contributed by atoms with van der Waals surface area (Å²) in [6, 6.07) is 0. The summed E-state index contributed by atoms with van der Waals surface area (Å²) in [4.78, 5) is 32.6. The van der Waals surface area contributed by atoms with Crippen molar-refractivity contribution in [2.75, 3.05) is 39.6 Å². The molecule has 12 aliphatic heterocycles. The molecule has 0 aliphatic carbocycles. The summed E-state index contributed by atoms with van der Waals surface area (Å²) < 4.78 is 70.2. The Morgan fingerprint density at radius 1 is 0.229 bits per heavy atom. The van der Waals surface area contributed by atoms with Crippen LogP contribution in [0.3, 0.4) is 0 Å². The van der Waals surface area contributed by atoms with Crippen LogP contribution in [0.1, 0.15) is 0 Å². The molecule has 12 aliphatic rings. The van der Waals surface area contributed by atoms with Gasteiger partial charge in [0.1, 0.15) is 128 Å². The Bertz CT molecular complexity index is 1680. The summed E-state index contributed by atoms with van der Waals surface area (Å²) in [5.74, 6) is 0. The number of ether oxygens (including phenoxy) is 12. The van der Waals surface area contributed by atoms with Crippen molar-refractivity contribution >= 4 is 7.32 Å². The molecule has 13 bridgehead atoms. The highest BCUT2D eigenvalue weighted by Gasteiger charge is 2.61. The molecule has 12 saturated heterocycles. The average Bonchev–Trinajstić information content (AvgIpc) is 3.38. The van der Waals surface area contributed by atoms with E-state index in [1.54, 1.807) is 0 Å². The maximum Gasteiger partial charge on any atom is 0.725 e. The molecule has 12 rings (SSSR count). The fourth-order valence-corrected chi connectivity index (χ4v) is 9.59. The van der Waals surface area contributed by atoms with Gasteiger partial charge in [-0.2, -0.15) is 0 Å². The monoisotopic (exact) mass is 1030 g/mol. The van der Waals surface area contributed by atoms with Crippen molar-refractivity contribution in [2.24, 2.45) is 0 Å². The van der Waals surface area contributed by atoms with Crippen LogP contribution in [-0.4, -0.2) is 308 Å². The zero-order valence-corrected chi connectivity index (χ0v) is 36.2. The van der Waals surface area contributed by atoms with Crippen molar-refractivity contribution in [1.82, 2.24) is 0 Å². The fraction of sp³-hybridized carbons (Fsp3) is 1.00. The Morgan fingerprint density at radius 2 is 0.429 bits per heavy atom. The Balaban J connectivity index is 1.11. The van der Waals surface area contributed by atoms with Crippen LogP contribution >= 0.6 is 0 Å². The summed E-state index contributed by atoms with van der Waals surface area (Å²) >= 11 is 0. The molecule has 0 saturated carbocycles. The van der Waals surface area contributed by atoms with Gasteiger partial charge in [0.05, 0.1) is 39.6 Å². The van der Waals surface area contributed by atoms with Gasteiger partial charge in [-0.1, -0.05) is 0 Å². The summed E-state index contributed by atoms with van der Waals surface area (Å²) in [5, 5.41) is 166. The van der Waals surface area contributed by atoms with E-state index in [2.05, 4.69) is 0 Å². The van der Waals surface area contributed by atoms with Crippen LogP contribution in [0.5, 0.6) is 0 Å². The van der Waals surface area contributed by atoms with Crippen LogP contribution < -0.4 is 0 Å². The largest absolute Gasteiger partial charge is 0.725 e. The summed E-state index contributed by atoms with van der Waals surface area (Å²) in [6.07, 6.45) is -57.6. The van der Waals surface area contributed by atoms with E-state index in [0.29, 0.717) is 0 Å². The molecule has 12 fully saturated rings. The lowest BCUT2D eigenvalue weighted by Gasteiger charge is -2.51. The quantitative estimate of drug-likeness (QED) is 0.0868. The van der Waals surface area contributed by atoms with Gasteiger partial charge in [-0.3, -0.25) is 0 Å². The minimum Gasteiger partial charge on any atom is -0.394 e. The molecule has 34 heteroatoms. The maximum atomic E-state index is 11.8. The second-order valence-electron chi connectivity index (χ2n) is 17.6. The number of fused-ring (bicyclic) bond motifs is 6. The van der Waals surface area contributed by atoms with Crippen LogP contribution in [0.25, 0.3) is 0 Å². The van der Waals surface area contributed by atoms with E-state index in [-0.39, 0.29) is 0 Å². The van der Waals surface area contributed by atoms with Gasteiger partial charge in [0.15, 0.2) is 56.1 Å². The molecule has 0 spiro atoms. The minimum absolute atomic E-state index is 0.935. The second kappa shape index (κ2) is 22.5. The standard InChI is InChI=1S/C36H57BO33/c38-1-7-22-13(44)16(47)31(53-7)60-23-8(2-39)55-33(18(49)15(23)46)62-25-10(4-41)57-35-20(51)29(25)66-69-37-68-65-28-19(50)34(61-24-9(3-40)54-32(59-22)17(48)14(24)45)56-11(5-42)26(28)63-36-21(52)30(67-70-37)27(64-35)12(6-43)58-36/h7-36,38-52H,1-6H2/t7-,8-,9-,10-,11-,12-,13-,14-,15-,16-,17-,18-,19-,20-,21-,22-,23-,24-,25+,26+,27+,28-,29-,30-,31-,32-,33-,34-,35-,36-/m1/s1. The van der Waals surface area contributed by atoms with Gasteiger partial charge >= 0.3 is 7.32 Å². The molecular formula is C36H57BO33. The topological polar surface area (TPSA) is 470 Å². The van der Waals surface area contributed by atoms with E-state index < -0.39 is 231 Å². The van der Waals surface area contributed by atoms with Crippen molar-refractivity contribution in [3.8, 4) is 0 Å². The minimum atomic E-state index is -2.42. The summed E-state index contributed by atoms with van der Waals surface area (Å²) in [7, 11) is -2.42. The molecule has 12 heterocycles. The summed E-state index contributed by atoms with van der Waals surface area (Å²) in [6.45, 7) is -5.92. The molecule has 33 nitrogen and oxygen atoms in total. The van der Waals surface area contributed by atoms with Crippen molar-refractivity contribution < 1.29 is 163 Å². The predicted molar refractivity (Wildman–Crippen MR) is 201 cm³/mol. The van der Waals surface area contributed by atoms with Gasteiger partial charge in [-0.05, 0) is 0 Å². The van der Waals surface area contributed by atoms with Gasteiger partial charge in [-0.25, -0.2) is 29.1 Å². The Labute approximate surface area is 393 Å². The first-order chi connectivity index (χ1) is 33.6. The third kappa shape index (κ3) is 10.0. The molecule has 70 heavy (non-hydrogen) atoms. The van der Waals surface area contributed by atoms with Crippen molar-refractivity contribution in [3.05, 3.63) is 0 Å². The predicted octanol–water partition coefficient (Wildman–Crippen LogP) is -12.2. The highest BCUT2D eigenvalue weighted by atomic mass is 17.3. The molecule has 30 atom stereocenters. The fourth-order valence-electron chi connectivity index (χ4n) is 9.59. The molecular weight excluding hydrogens is 971 g/mol. The van der Waals surface area contributed by atoms with E-state index in [4.69, 9.17) is 85.9 Å². The van der Waals surface area contributed by atoms with E-state index in [0.717, 1.165) is 0 Å². The van der Waals surface area contributed by atoms with E-state index in [1.807, 2.05) is 0 Å². The number of hydrogen-bond acceptors (Lipinski definition) is 33. The number of aliphatic hydroxyl groups is 15. The van der Waals surface area contributed by atoms with Crippen molar-refractivity contribution in [2.45, 2.75) is 184 Å². The van der Waals surface area contributed by atoms with Crippen LogP contribution in [0.15, 0.2) is 0 Å². The zero-order chi connectivity index (χ0) is 49.9. The lowest BCUT2D eigenvalue weighted by atomic mass is 9.94. The number of hydrogen-bond donors (Lipinski definition) is 15. The first-order valence-electron chi connectivity index (χ1n) is 22.2. The van der Waals surface area contributed by atoms with Gasteiger partial charge < -0.3 is 133 Å². The van der Waals surface area contributed by atoms with Crippen LogP contribution in [0, 0.1) is 0 Å². The van der Waals surface area contributed by atoms with Crippen molar-refractivity contribution in [3.63, 3.8) is 0 Å². The van der Waals surface area contributed by atoms with Gasteiger partial charge in [0.2, 0.25) is 0 Å². The van der Waals surface area contributed by atoms with Crippen LogP contribution in [0.4, 0.5) is 0 Å². The Hall–Kier alpha value is -1.26. The normalized spacial score (nSPS) is 54.6. The Kier molecular flexibility index (Phi) is 17.2. The SMILES string of the molecule is OC[C@H]1O[C@@H]2O[C@@H]3[C@@H]4OOB5OO[C@H]([C@H]2O)[C@H]1O[C@H]1O[C@H](CO)[C@@H](O[C@H]2O[C@H](CO)[C@@H](O[C@H]6O[C@H](CO)[C@@H](O[C@H]7O[C@H](CO)[C@H](O[C@@H](O[C@@H]3CO)[C@@H]4O)[C@H](OO5)[C@H]7O)[C@H](O)[C@H]6O)[C@H](O)[C@H]2O)[C@H](O)[C@H]1O. The van der Waals surface area contributed by atoms with Crippen molar-refractivity contribution in [1.29, 1.82) is 0 Å². The van der Waals surface area contributed by atoms with Gasteiger partial charge in [0.25, 0.3) is 0 Å². The lowest BCUT2D eigenvalue weighted by Crippen LogP contribution is -2.69. The third-order valence-corrected chi connectivity index (χ3v) is 13.3. The van der Waals surface area contributed by atoms with Gasteiger partial charge in [-0.15, -0.1) is 0 Å². The molecule has 0 amide bonds. The van der Waals surface area contributed by atoms with Crippen LogP contribution in [-0.2, 0) is 85.9 Å². The molecule has 0 aromatic rings. The lowest BCUT2D eigenvalue weighted by molar-refractivity contribution is -0.433. The molecule has 0 aromatic heterocycles.